The molecule has 0 saturated heterocycles. The Kier molecular flexibility index (Phi) is 10.1. The number of hydrazone groups is 1. The molecule has 1 N–H and O–H groups in total. The number of sulfonamides is 1. The van der Waals surface area contributed by atoms with Gasteiger partial charge in [0.2, 0.25) is 10.0 Å². The zero-order valence-electron chi connectivity index (χ0n) is 18.2. The van der Waals surface area contributed by atoms with E-state index in [9.17, 15) is 13.2 Å². The number of nitrogens with zero attached hydrogens (tertiary/aromatic N) is 2. The number of methoxy groups -OCH3 is 1. The molecule has 7 nitrogen and oxygen atoms in total. The first-order valence-corrected chi connectivity index (χ1v) is 12.7. The number of para-hydroxylation sites is 2. The molecule has 0 unspecified atom stereocenters. The van der Waals surface area contributed by atoms with Gasteiger partial charge in [-0.25, -0.2) is 13.8 Å². The van der Waals surface area contributed by atoms with Crippen LogP contribution in [-0.2, 0) is 14.8 Å². The topological polar surface area (TPSA) is 88.1 Å². The van der Waals surface area contributed by atoms with Crippen LogP contribution in [0.25, 0.3) is 0 Å². The minimum absolute atomic E-state index is 0.330. The molecule has 0 heterocycles. The van der Waals surface area contributed by atoms with Crippen molar-refractivity contribution in [3.05, 3.63) is 24.3 Å². The molecule has 0 spiro atoms. The molecule has 2 rings (SSSR count). The van der Waals surface area contributed by atoms with E-state index in [0.717, 1.165) is 42.0 Å². The Morgan fingerprint density at radius 2 is 1.53 bits per heavy atom. The Hall–Kier alpha value is -2.09. The zero-order chi connectivity index (χ0) is 21.8. The van der Waals surface area contributed by atoms with Crippen molar-refractivity contribution in [1.82, 2.24) is 5.43 Å². The Balaban J connectivity index is 2.04. The average molecular weight is 438 g/mol. The molecule has 1 amide bonds. The van der Waals surface area contributed by atoms with Gasteiger partial charge in [-0.05, 0) is 37.8 Å². The maximum atomic E-state index is 12.5. The van der Waals surface area contributed by atoms with Crippen LogP contribution in [-0.4, -0.2) is 39.9 Å². The maximum absolute atomic E-state index is 12.5. The van der Waals surface area contributed by atoms with E-state index in [1.165, 1.54) is 52.1 Å². The van der Waals surface area contributed by atoms with Crippen LogP contribution in [0.15, 0.2) is 29.4 Å². The first-order valence-electron chi connectivity index (χ1n) is 10.9. The second-order valence-electron chi connectivity index (χ2n) is 7.84. The van der Waals surface area contributed by atoms with Gasteiger partial charge in [0, 0.05) is 5.71 Å². The van der Waals surface area contributed by atoms with Crippen molar-refractivity contribution in [1.29, 1.82) is 0 Å². The largest absolute Gasteiger partial charge is 0.495 e. The number of carbonyl (C=O) groups is 1. The van der Waals surface area contributed by atoms with Crippen molar-refractivity contribution < 1.29 is 17.9 Å². The standard InChI is InChI=1S/C22H35N3O4S/c1-29-21-17-13-12-16-20(21)25(30(2,27)28)18-22(26)24-23-19-14-10-8-6-4-3-5-7-9-11-15-19/h12-13,16-17H,3-11,14-15,18H2,1-2H3,(H,24,26). The number of rotatable bonds is 6. The highest BCUT2D eigenvalue weighted by Gasteiger charge is 2.23. The molecule has 30 heavy (non-hydrogen) atoms. The molecule has 1 fully saturated rings. The molecule has 0 radical (unpaired) electrons. The van der Waals surface area contributed by atoms with Crippen molar-refractivity contribution in [3.8, 4) is 5.75 Å². The molecule has 168 valence electrons. The highest BCUT2D eigenvalue weighted by Crippen LogP contribution is 2.29. The van der Waals surface area contributed by atoms with Gasteiger partial charge in [-0.2, -0.15) is 5.10 Å². The molecular weight excluding hydrogens is 402 g/mol. The van der Waals surface area contributed by atoms with Gasteiger partial charge in [-0.15, -0.1) is 0 Å². The van der Waals surface area contributed by atoms with Gasteiger partial charge in [0.15, 0.2) is 0 Å². The van der Waals surface area contributed by atoms with Gasteiger partial charge in [-0.1, -0.05) is 57.1 Å². The van der Waals surface area contributed by atoms with E-state index in [1.807, 2.05) is 0 Å². The second-order valence-corrected chi connectivity index (χ2v) is 9.74. The summed E-state index contributed by atoms with van der Waals surface area (Å²) in [4.78, 5) is 12.5. The lowest BCUT2D eigenvalue weighted by Gasteiger charge is -2.23. The van der Waals surface area contributed by atoms with Crippen molar-refractivity contribution >= 4 is 27.3 Å². The fourth-order valence-electron chi connectivity index (χ4n) is 3.66. The molecule has 1 aromatic carbocycles. The normalized spacial score (nSPS) is 16.7. The molecule has 0 bridgehead atoms. The summed E-state index contributed by atoms with van der Waals surface area (Å²) in [6, 6.07) is 6.74. The molecule has 0 aromatic heterocycles. The Bertz CT molecular complexity index is 794. The molecule has 0 atom stereocenters. The van der Waals surface area contributed by atoms with E-state index >= 15 is 0 Å². The van der Waals surface area contributed by atoms with Gasteiger partial charge >= 0.3 is 0 Å². The number of hydrogen-bond acceptors (Lipinski definition) is 5. The lowest BCUT2D eigenvalue weighted by molar-refractivity contribution is -0.119. The first kappa shape index (κ1) is 24.2. The van der Waals surface area contributed by atoms with Crippen LogP contribution in [0.4, 0.5) is 5.69 Å². The van der Waals surface area contributed by atoms with Crippen LogP contribution in [0.2, 0.25) is 0 Å². The van der Waals surface area contributed by atoms with E-state index in [4.69, 9.17) is 4.74 Å². The first-order chi connectivity index (χ1) is 14.4. The fraction of sp³-hybridized carbons (Fsp3) is 0.636. The summed E-state index contributed by atoms with van der Waals surface area (Å²) in [5.74, 6) is -0.0775. The number of ether oxygens (including phenoxy) is 1. The lowest BCUT2D eigenvalue weighted by Crippen LogP contribution is -2.39. The maximum Gasteiger partial charge on any atom is 0.260 e. The molecule has 1 saturated carbocycles. The van der Waals surface area contributed by atoms with Gasteiger partial charge < -0.3 is 4.74 Å². The quantitative estimate of drug-likeness (QED) is 0.674. The number of benzene rings is 1. The van der Waals surface area contributed by atoms with E-state index < -0.39 is 15.9 Å². The highest BCUT2D eigenvalue weighted by atomic mass is 32.2. The third kappa shape index (κ3) is 8.34. The summed E-state index contributed by atoms with van der Waals surface area (Å²) in [5, 5.41) is 4.35. The number of nitrogens with one attached hydrogen (secondary N) is 1. The minimum atomic E-state index is -3.67. The van der Waals surface area contributed by atoms with Gasteiger partial charge in [0.1, 0.15) is 12.3 Å². The molecular formula is C22H35N3O4S. The average Bonchev–Trinajstić information content (AvgIpc) is 2.71. The van der Waals surface area contributed by atoms with Gasteiger partial charge in [0.25, 0.3) is 5.91 Å². The molecule has 1 aliphatic rings. The predicted octanol–water partition coefficient (Wildman–Crippen LogP) is 4.24. The Morgan fingerprint density at radius 3 is 2.07 bits per heavy atom. The monoisotopic (exact) mass is 437 g/mol. The van der Waals surface area contributed by atoms with Crippen molar-refractivity contribution in [2.24, 2.45) is 5.10 Å². The smallest absolute Gasteiger partial charge is 0.260 e. The Morgan fingerprint density at radius 1 is 1.00 bits per heavy atom. The summed E-state index contributed by atoms with van der Waals surface area (Å²) < 4.78 is 30.9. The van der Waals surface area contributed by atoms with Crippen LogP contribution in [0.3, 0.4) is 0 Å². The van der Waals surface area contributed by atoms with Crippen LogP contribution in [0.1, 0.15) is 70.6 Å². The van der Waals surface area contributed by atoms with Crippen molar-refractivity contribution in [2.75, 3.05) is 24.2 Å². The minimum Gasteiger partial charge on any atom is -0.495 e. The van der Waals surface area contributed by atoms with Gasteiger partial charge in [-0.3, -0.25) is 9.10 Å². The number of carbonyl (C=O) groups excluding carboxylic acids is 1. The fourth-order valence-corrected chi connectivity index (χ4v) is 4.52. The molecule has 1 aliphatic carbocycles. The predicted molar refractivity (Wildman–Crippen MR) is 122 cm³/mol. The third-order valence-electron chi connectivity index (χ3n) is 5.31. The summed E-state index contributed by atoms with van der Waals surface area (Å²) in [5.41, 5.74) is 3.90. The number of anilines is 1. The lowest BCUT2D eigenvalue weighted by atomic mass is 10.00. The second kappa shape index (κ2) is 12.6. The molecule has 0 aliphatic heterocycles. The van der Waals surface area contributed by atoms with Crippen molar-refractivity contribution in [2.45, 2.75) is 70.6 Å². The van der Waals surface area contributed by atoms with E-state index in [2.05, 4.69) is 10.5 Å². The van der Waals surface area contributed by atoms with Crippen LogP contribution in [0, 0.1) is 0 Å². The summed E-state index contributed by atoms with van der Waals surface area (Å²) in [7, 11) is -2.20. The van der Waals surface area contributed by atoms with E-state index in [-0.39, 0.29) is 6.54 Å². The van der Waals surface area contributed by atoms with Gasteiger partial charge in [0.05, 0.1) is 19.1 Å². The van der Waals surface area contributed by atoms with Crippen LogP contribution < -0.4 is 14.5 Å². The van der Waals surface area contributed by atoms with Crippen molar-refractivity contribution in [3.63, 3.8) is 0 Å². The summed E-state index contributed by atoms with van der Waals surface area (Å²) >= 11 is 0. The number of hydrogen-bond donors (Lipinski definition) is 1. The van der Waals surface area contributed by atoms with E-state index in [0.29, 0.717) is 11.4 Å². The highest BCUT2D eigenvalue weighted by molar-refractivity contribution is 7.92. The summed E-state index contributed by atoms with van der Waals surface area (Å²) in [6.45, 7) is -0.351. The van der Waals surface area contributed by atoms with Crippen LogP contribution in [0.5, 0.6) is 5.75 Å². The Labute approximate surface area is 180 Å². The molecule has 8 heteroatoms. The number of amides is 1. The molecule has 1 aromatic rings. The van der Waals surface area contributed by atoms with E-state index in [1.54, 1.807) is 24.3 Å². The third-order valence-corrected chi connectivity index (χ3v) is 6.44. The SMILES string of the molecule is COc1ccccc1N(CC(=O)NN=C1CCCCCCCCCCC1)S(C)(=O)=O. The zero-order valence-corrected chi connectivity index (χ0v) is 19.0. The van der Waals surface area contributed by atoms with Crippen LogP contribution >= 0.6 is 0 Å². The summed E-state index contributed by atoms with van der Waals surface area (Å²) in [6.07, 6.45) is 13.8.